The van der Waals surface area contributed by atoms with E-state index in [1.165, 1.54) is 7.11 Å². The van der Waals surface area contributed by atoms with Crippen LogP contribution in [-0.2, 0) is 0 Å². The maximum atomic E-state index is 12.3. The van der Waals surface area contributed by atoms with Crippen LogP contribution in [0.1, 0.15) is 29.3 Å². The Labute approximate surface area is 163 Å². The Bertz CT molecular complexity index is 779. The van der Waals surface area contributed by atoms with Crippen molar-refractivity contribution in [2.24, 2.45) is 5.10 Å². The number of benzene rings is 2. The summed E-state index contributed by atoms with van der Waals surface area (Å²) < 4.78 is 12.6. The molecule has 1 amide bonds. The van der Waals surface area contributed by atoms with Crippen LogP contribution in [0.25, 0.3) is 0 Å². The molecule has 25 heavy (non-hydrogen) atoms. The van der Waals surface area contributed by atoms with Crippen LogP contribution in [0.3, 0.4) is 0 Å². The van der Waals surface area contributed by atoms with E-state index in [4.69, 9.17) is 9.47 Å². The Morgan fingerprint density at radius 3 is 2.52 bits per heavy atom. The first kappa shape index (κ1) is 19.5. The fourth-order valence-electron chi connectivity index (χ4n) is 2.04. The van der Waals surface area contributed by atoms with Crippen LogP contribution in [0, 0.1) is 0 Å². The summed E-state index contributed by atoms with van der Waals surface area (Å²) in [5.41, 5.74) is 3.67. The van der Waals surface area contributed by atoms with E-state index in [1.54, 1.807) is 24.4 Å². The highest BCUT2D eigenvalue weighted by molar-refractivity contribution is 9.10. The summed E-state index contributed by atoms with van der Waals surface area (Å²) >= 11 is 6.77. The molecule has 7 heteroatoms. The highest BCUT2D eigenvalue weighted by Crippen LogP contribution is 2.23. The zero-order chi connectivity index (χ0) is 18.2. The van der Waals surface area contributed by atoms with Gasteiger partial charge in [0.15, 0.2) is 0 Å². The fourth-order valence-corrected chi connectivity index (χ4v) is 2.78. The molecule has 0 radical (unpaired) electrons. The average Bonchev–Trinajstić information content (AvgIpc) is 2.61. The maximum Gasteiger partial charge on any atom is 0.275 e. The molecular weight excluding hydrogens is 452 g/mol. The highest BCUT2D eigenvalue weighted by Gasteiger charge is 2.12. The van der Waals surface area contributed by atoms with Gasteiger partial charge >= 0.3 is 0 Å². The molecule has 0 saturated heterocycles. The first-order valence-corrected chi connectivity index (χ1v) is 9.23. The molecule has 0 saturated carbocycles. The second kappa shape index (κ2) is 9.58. The third-order valence-corrected chi connectivity index (χ3v) is 4.20. The Balaban J connectivity index is 2.14. The fraction of sp³-hybridized carbons (Fsp3) is 0.222. The van der Waals surface area contributed by atoms with E-state index in [0.717, 1.165) is 20.9 Å². The molecule has 5 nitrogen and oxygen atoms in total. The smallest absolute Gasteiger partial charge is 0.275 e. The van der Waals surface area contributed by atoms with Crippen molar-refractivity contribution in [1.29, 1.82) is 0 Å². The van der Waals surface area contributed by atoms with Gasteiger partial charge in [-0.1, -0.05) is 38.8 Å². The molecule has 0 aromatic heterocycles. The number of carbonyl (C=O) groups is 1. The molecule has 0 aliphatic carbocycles. The van der Waals surface area contributed by atoms with Gasteiger partial charge in [0, 0.05) is 14.5 Å². The number of amides is 1. The summed E-state index contributed by atoms with van der Waals surface area (Å²) in [6.07, 6.45) is 2.46. The van der Waals surface area contributed by atoms with Gasteiger partial charge in [-0.2, -0.15) is 5.10 Å². The summed E-state index contributed by atoms with van der Waals surface area (Å²) in [6.45, 7) is 2.66. The van der Waals surface area contributed by atoms with E-state index in [0.29, 0.717) is 23.7 Å². The monoisotopic (exact) mass is 468 g/mol. The van der Waals surface area contributed by atoms with Crippen molar-refractivity contribution in [3.05, 3.63) is 56.5 Å². The summed E-state index contributed by atoms with van der Waals surface area (Å²) in [7, 11) is 1.52. The number of methoxy groups -OCH3 is 1. The number of ether oxygens (including phenoxy) is 2. The third kappa shape index (κ3) is 5.57. The van der Waals surface area contributed by atoms with Gasteiger partial charge in [-0.3, -0.25) is 4.79 Å². The van der Waals surface area contributed by atoms with Gasteiger partial charge in [-0.25, -0.2) is 5.43 Å². The molecule has 0 unspecified atom stereocenters. The summed E-state index contributed by atoms with van der Waals surface area (Å²) in [6, 6.07) is 10.8. The lowest BCUT2D eigenvalue weighted by Crippen LogP contribution is -2.18. The minimum atomic E-state index is -0.361. The van der Waals surface area contributed by atoms with Crippen molar-refractivity contribution in [1.82, 2.24) is 5.43 Å². The quantitative estimate of drug-likeness (QED) is 0.469. The van der Waals surface area contributed by atoms with Gasteiger partial charge in [0.2, 0.25) is 0 Å². The Morgan fingerprint density at radius 2 is 1.84 bits per heavy atom. The average molecular weight is 470 g/mol. The minimum absolute atomic E-state index is 0.361. The van der Waals surface area contributed by atoms with Gasteiger partial charge in [-0.15, -0.1) is 0 Å². The molecule has 2 aromatic rings. The molecule has 2 aromatic carbocycles. The number of hydrazone groups is 1. The lowest BCUT2D eigenvalue weighted by Gasteiger charge is -2.09. The first-order valence-electron chi connectivity index (χ1n) is 7.64. The Kier molecular flexibility index (Phi) is 7.46. The second-order valence-corrected chi connectivity index (χ2v) is 6.91. The molecule has 1 N–H and O–H groups in total. The van der Waals surface area contributed by atoms with Crippen LogP contribution >= 0.6 is 31.9 Å². The first-order chi connectivity index (χ1) is 12.0. The standard InChI is InChI=1S/C18H18Br2N2O3/c1-3-8-25-16-6-4-13(19)9-12(16)11-21-22-18(23)15-10-14(20)5-7-17(15)24-2/h4-7,9-11H,3,8H2,1-2H3,(H,22,23)/b21-11-. The SMILES string of the molecule is CCCOc1ccc(Br)cc1/C=N\NC(=O)c1cc(Br)ccc1OC. The lowest BCUT2D eigenvalue weighted by atomic mass is 10.2. The largest absolute Gasteiger partial charge is 0.496 e. The molecule has 2 rings (SSSR count). The number of carbonyl (C=O) groups excluding carboxylic acids is 1. The molecule has 0 aliphatic rings. The topological polar surface area (TPSA) is 59.9 Å². The molecule has 0 bridgehead atoms. The van der Waals surface area contributed by atoms with E-state index < -0.39 is 0 Å². The number of halogens is 2. The van der Waals surface area contributed by atoms with Crippen LogP contribution in [-0.4, -0.2) is 25.8 Å². The molecular formula is C18H18Br2N2O3. The van der Waals surface area contributed by atoms with Gasteiger partial charge in [-0.05, 0) is 42.8 Å². The zero-order valence-electron chi connectivity index (χ0n) is 13.9. The molecule has 132 valence electrons. The van der Waals surface area contributed by atoms with Crippen LogP contribution in [0.5, 0.6) is 11.5 Å². The minimum Gasteiger partial charge on any atom is -0.496 e. The third-order valence-electron chi connectivity index (χ3n) is 3.21. The Hall–Kier alpha value is -1.86. The van der Waals surface area contributed by atoms with Crippen molar-refractivity contribution in [2.45, 2.75) is 13.3 Å². The highest BCUT2D eigenvalue weighted by atomic mass is 79.9. The van der Waals surface area contributed by atoms with Gasteiger partial charge in [0.25, 0.3) is 5.91 Å². The summed E-state index contributed by atoms with van der Waals surface area (Å²) in [5, 5.41) is 4.04. The van der Waals surface area contributed by atoms with Crippen molar-refractivity contribution >= 4 is 44.0 Å². The number of rotatable bonds is 7. The zero-order valence-corrected chi connectivity index (χ0v) is 17.1. The van der Waals surface area contributed by atoms with Crippen molar-refractivity contribution in [2.75, 3.05) is 13.7 Å². The normalized spacial score (nSPS) is 10.7. The van der Waals surface area contributed by atoms with Gasteiger partial charge < -0.3 is 9.47 Å². The van der Waals surface area contributed by atoms with Crippen molar-refractivity contribution in [3.8, 4) is 11.5 Å². The van der Waals surface area contributed by atoms with E-state index >= 15 is 0 Å². The van der Waals surface area contributed by atoms with Crippen molar-refractivity contribution in [3.63, 3.8) is 0 Å². The molecule has 0 spiro atoms. The summed E-state index contributed by atoms with van der Waals surface area (Å²) in [5.74, 6) is 0.828. The van der Waals surface area contributed by atoms with Gasteiger partial charge in [0.05, 0.1) is 25.5 Å². The van der Waals surface area contributed by atoms with Crippen LogP contribution in [0.15, 0.2) is 50.4 Å². The lowest BCUT2D eigenvalue weighted by molar-refractivity contribution is 0.0952. The number of hydrogen-bond donors (Lipinski definition) is 1. The maximum absolute atomic E-state index is 12.3. The predicted octanol–water partition coefficient (Wildman–Crippen LogP) is 4.77. The van der Waals surface area contributed by atoms with E-state index in [9.17, 15) is 4.79 Å². The van der Waals surface area contributed by atoms with Crippen LogP contribution < -0.4 is 14.9 Å². The number of nitrogens with one attached hydrogen (secondary N) is 1. The predicted molar refractivity (Wildman–Crippen MR) is 106 cm³/mol. The van der Waals surface area contributed by atoms with Crippen LogP contribution in [0.4, 0.5) is 0 Å². The molecule has 0 heterocycles. The van der Waals surface area contributed by atoms with Gasteiger partial charge in [0.1, 0.15) is 11.5 Å². The number of nitrogens with zero attached hydrogens (tertiary/aromatic N) is 1. The number of hydrogen-bond acceptors (Lipinski definition) is 4. The van der Waals surface area contributed by atoms with E-state index in [-0.39, 0.29) is 5.91 Å². The van der Waals surface area contributed by atoms with E-state index in [1.807, 2.05) is 25.1 Å². The van der Waals surface area contributed by atoms with E-state index in [2.05, 4.69) is 42.4 Å². The Morgan fingerprint density at radius 1 is 1.16 bits per heavy atom. The van der Waals surface area contributed by atoms with Crippen LogP contribution in [0.2, 0.25) is 0 Å². The second-order valence-electron chi connectivity index (χ2n) is 5.07. The molecule has 0 fully saturated rings. The van der Waals surface area contributed by atoms with Crippen molar-refractivity contribution < 1.29 is 14.3 Å². The molecule has 0 atom stereocenters. The molecule has 0 aliphatic heterocycles. The summed E-state index contributed by atoms with van der Waals surface area (Å²) in [4.78, 5) is 12.3.